The van der Waals surface area contributed by atoms with E-state index >= 15 is 0 Å². The normalized spacial score (nSPS) is 12.1. The SMILES string of the molecule is CCNC[C@@H](Nc1ncnc2c(C(=O)O)ccnc12)c1ccc(F)c(Br)c1. The minimum atomic E-state index is -1.08. The number of hydrogen-bond acceptors (Lipinski definition) is 6. The molecule has 140 valence electrons. The topological polar surface area (TPSA) is 100 Å². The number of pyridine rings is 1. The molecule has 3 rings (SSSR count). The zero-order valence-electron chi connectivity index (χ0n) is 14.4. The lowest BCUT2D eigenvalue weighted by molar-refractivity contribution is 0.0698. The highest BCUT2D eigenvalue weighted by Gasteiger charge is 2.18. The molecule has 0 spiro atoms. The van der Waals surface area contributed by atoms with Gasteiger partial charge in [0.25, 0.3) is 0 Å². The van der Waals surface area contributed by atoms with Crippen LogP contribution in [0.2, 0.25) is 0 Å². The smallest absolute Gasteiger partial charge is 0.338 e. The van der Waals surface area contributed by atoms with E-state index in [1.54, 1.807) is 12.1 Å². The van der Waals surface area contributed by atoms with Crippen LogP contribution in [0.5, 0.6) is 0 Å². The van der Waals surface area contributed by atoms with Crippen LogP contribution in [0, 0.1) is 5.82 Å². The van der Waals surface area contributed by atoms with Crippen LogP contribution >= 0.6 is 15.9 Å². The van der Waals surface area contributed by atoms with Gasteiger partial charge < -0.3 is 15.7 Å². The summed E-state index contributed by atoms with van der Waals surface area (Å²) in [7, 11) is 0. The van der Waals surface area contributed by atoms with Crippen molar-refractivity contribution in [3.63, 3.8) is 0 Å². The highest BCUT2D eigenvalue weighted by molar-refractivity contribution is 9.10. The Morgan fingerprint density at radius 3 is 2.78 bits per heavy atom. The minimum Gasteiger partial charge on any atom is -0.478 e. The fourth-order valence-electron chi connectivity index (χ4n) is 2.68. The first-order valence-electron chi connectivity index (χ1n) is 8.26. The number of fused-ring (bicyclic) bond motifs is 1. The number of rotatable bonds is 7. The van der Waals surface area contributed by atoms with E-state index in [1.165, 1.54) is 24.7 Å². The second kappa shape index (κ2) is 8.36. The van der Waals surface area contributed by atoms with Crippen LogP contribution < -0.4 is 10.6 Å². The number of nitrogens with one attached hydrogen (secondary N) is 2. The zero-order valence-corrected chi connectivity index (χ0v) is 16.0. The highest BCUT2D eigenvalue weighted by atomic mass is 79.9. The number of hydrogen-bond donors (Lipinski definition) is 3. The average Bonchev–Trinajstić information content (AvgIpc) is 2.66. The van der Waals surface area contributed by atoms with Gasteiger partial charge in [-0.15, -0.1) is 0 Å². The molecule has 1 aromatic carbocycles. The number of anilines is 1. The summed E-state index contributed by atoms with van der Waals surface area (Å²) in [4.78, 5) is 24.0. The fourth-order valence-corrected chi connectivity index (χ4v) is 3.07. The number of benzene rings is 1. The Morgan fingerprint density at radius 1 is 1.26 bits per heavy atom. The van der Waals surface area contributed by atoms with E-state index < -0.39 is 5.97 Å². The standard InChI is InChI=1S/C18H17BrFN5O2/c1-2-21-8-14(10-3-4-13(20)12(19)7-10)25-17-16-15(23-9-24-17)11(18(26)27)5-6-22-16/h3-7,9,14,21H,2,8H2,1H3,(H,26,27)(H,23,24,25)/t14-/m1/s1. The molecule has 0 bridgehead atoms. The van der Waals surface area contributed by atoms with Crippen molar-refractivity contribution in [2.75, 3.05) is 18.4 Å². The van der Waals surface area contributed by atoms with E-state index in [1.807, 2.05) is 6.92 Å². The average molecular weight is 434 g/mol. The number of nitrogens with zero attached hydrogens (tertiary/aromatic N) is 3. The molecular weight excluding hydrogens is 417 g/mol. The molecule has 0 fully saturated rings. The van der Waals surface area contributed by atoms with Crippen LogP contribution in [0.25, 0.3) is 11.0 Å². The monoisotopic (exact) mass is 433 g/mol. The van der Waals surface area contributed by atoms with Crippen molar-refractivity contribution in [2.45, 2.75) is 13.0 Å². The van der Waals surface area contributed by atoms with Crippen molar-refractivity contribution in [2.24, 2.45) is 0 Å². The molecule has 27 heavy (non-hydrogen) atoms. The maximum absolute atomic E-state index is 13.6. The van der Waals surface area contributed by atoms with Gasteiger partial charge in [0.1, 0.15) is 23.2 Å². The Morgan fingerprint density at radius 2 is 2.07 bits per heavy atom. The summed E-state index contributed by atoms with van der Waals surface area (Å²) in [5.41, 5.74) is 1.51. The molecule has 0 saturated heterocycles. The van der Waals surface area contributed by atoms with Gasteiger partial charge in [0.2, 0.25) is 0 Å². The number of aromatic carboxylic acids is 1. The van der Waals surface area contributed by atoms with Crippen LogP contribution in [-0.2, 0) is 0 Å². The molecule has 3 aromatic rings. The number of aromatic nitrogens is 3. The molecule has 0 aliphatic heterocycles. The van der Waals surface area contributed by atoms with Crippen molar-refractivity contribution in [1.82, 2.24) is 20.3 Å². The Balaban J connectivity index is 2.02. The number of likely N-dealkylation sites (N-methyl/N-ethyl adjacent to an activating group) is 1. The first-order chi connectivity index (χ1) is 13.0. The van der Waals surface area contributed by atoms with E-state index in [4.69, 9.17) is 0 Å². The first kappa shape index (κ1) is 19.1. The van der Waals surface area contributed by atoms with Crippen molar-refractivity contribution < 1.29 is 14.3 Å². The molecule has 0 aliphatic rings. The Hall–Kier alpha value is -2.65. The van der Waals surface area contributed by atoms with Crippen LogP contribution in [-0.4, -0.2) is 39.1 Å². The summed E-state index contributed by atoms with van der Waals surface area (Å²) in [5.74, 6) is -1.02. The molecule has 0 radical (unpaired) electrons. The molecule has 7 nitrogen and oxygen atoms in total. The lowest BCUT2D eigenvalue weighted by Gasteiger charge is -2.21. The Bertz CT molecular complexity index is 985. The van der Waals surface area contributed by atoms with E-state index in [0.29, 0.717) is 22.4 Å². The third-order valence-corrected chi connectivity index (χ3v) is 4.62. The van der Waals surface area contributed by atoms with Gasteiger partial charge in [-0.2, -0.15) is 0 Å². The number of carboxylic acid groups (broad SMARTS) is 1. The van der Waals surface area contributed by atoms with Gasteiger partial charge in [0.15, 0.2) is 5.82 Å². The molecule has 0 unspecified atom stereocenters. The van der Waals surface area contributed by atoms with Gasteiger partial charge >= 0.3 is 5.97 Å². The van der Waals surface area contributed by atoms with E-state index in [9.17, 15) is 14.3 Å². The maximum atomic E-state index is 13.6. The first-order valence-corrected chi connectivity index (χ1v) is 9.05. The second-order valence-electron chi connectivity index (χ2n) is 5.76. The summed E-state index contributed by atoms with van der Waals surface area (Å²) in [5, 5.41) is 15.9. The van der Waals surface area contributed by atoms with Gasteiger partial charge in [0.05, 0.1) is 16.1 Å². The molecule has 1 atom stereocenters. The number of halogens is 2. The third-order valence-electron chi connectivity index (χ3n) is 4.01. The predicted octanol–water partition coefficient (Wildman–Crippen LogP) is 3.39. The van der Waals surface area contributed by atoms with Gasteiger partial charge in [-0.3, -0.25) is 4.98 Å². The predicted molar refractivity (Wildman–Crippen MR) is 103 cm³/mol. The lowest BCUT2D eigenvalue weighted by Crippen LogP contribution is -2.27. The van der Waals surface area contributed by atoms with Crippen molar-refractivity contribution in [1.29, 1.82) is 0 Å². The summed E-state index contributed by atoms with van der Waals surface area (Å²) in [6, 6.07) is 5.93. The van der Waals surface area contributed by atoms with Crippen molar-refractivity contribution >= 4 is 38.8 Å². The van der Waals surface area contributed by atoms with E-state index in [2.05, 4.69) is 41.5 Å². The Kier molecular flexibility index (Phi) is 5.92. The summed E-state index contributed by atoms with van der Waals surface area (Å²) >= 11 is 3.21. The molecular formula is C18H17BrFN5O2. The third kappa shape index (κ3) is 4.20. The molecule has 9 heteroatoms. The molecule has 0 aliphatic carbocycles. The Labute approximate surface area is 163 Å². The molecule has 2 aromatic heterocycles. The highest BCUT2D eigenvalue weighted by Crippen LogP contribution is 2.26. The summed E-state index contributed by atoms with van der Waals surface area (Å²) < 4.78 is 14.0. The quantitative estimate of drug-likeness (QED) is 0.524. The number of carboxylic acids is 1. The zero-order chi connectivity index (χ0) is 19.4. The largest absolute Gasteiger partial charge is 0.478 e. The van der Waals surface area contributed by atoms with Crippen molar-refractivity contribution in [3.8, 4) is 0 Å². The van der Waals surface area contributed by atoms with Gasteiger partial charge in [0, 0.05) is 12.7 Å². The van der Waals surface area contributed by atoms with E-state index in [0.717, 1.165) is 12.1 Å². The van der Waals surface area contributed by atoms with Gasteiger partial charge in [-0.05, 0) is 46.2 Å². The van der Waals surface area contributed by atoms with E-state index in [-0.39, 0.29) is 22.9 Å². The number of carbonyl (C=O) groups is 1. The summed E-state index contributed by atoms with van der Waals surface area (Å²) in [6.07, 6.45) is 2.71. The summed E-state index contributed by atoms with van der Waals surface area (Å²) in [6.45, 7) is 3.30. The second-order valence-corrected chi connectivity index (χ2v) is 6.62. The van der Waals surface area contributed by atoms with Gasteiger partial charge in [-0.25, -0.2) is 19.2 Å². The molecule has 3 N–H and O–H groups in total. The van der Waals surface area contributed by atoms with Gasteiger partial charge in [-0.1, -0.05) is 13.0 Å². The van der Waals surface area contributed by atoms with Crippen LogP contribution in [0.15, 0.2) is 41.3 Å². The minimum absolute atomic E-state index is 0.0539. The maximum Gasteiger partial charge on any atom is 0.338 e. The lowest BCUT2D eigenvalue weighted by atomic mass is 10.1. The van der Waals surface area contributed by atoms with Crippen LogP contribution in [0.4, 0.5) is 10.2 Å². The molecule has 0 amide bonds. The van der Waals surface area contributed by atoms with Crippen LogP contribution in [0.1, 0.15) is 28.9 Å². The molecule has 0 saturated carbocycles. The fraction of sp³-hybridized carbons (Fsp3) is 0.222. The molecule has 2 heterocycles. The van der Waals surface area contributed by atoms with Crippen LogP contribution in [0.3, 0.4) is 0 Å². The van der Waals surface area contributed by atoms with Crippen molar-refractivity contribution in [3.05, 3.63) is 58.2 Å².